The molecule has 0 saturated carbocycles. The first-order chi connectivity index (χ1) is 12.0. The zero-order valence-corrected chi connectivity index (χ0v) is 14.8. The zero-order chi connectivity index (χ0) is 17.9. The first-order valence-corrected chi connectivity index (χ1v) is 9.82. The number of hydrogen-bond acceptors (Lipinski definition) is 5. The van der Waals surface area contributed by atoms with Crippen molar-refractivity contribution in [3.63, 3.8) is 0 Å². The van der Waals surface area contributed by atoms with Crippen molar-refractivity contribution >= 4 is 27.3 Å². The highest BCUT2D eigenvalue weighted by Crippen LogP contribution is 2.21. The molecule has 1 saturated heterocycles. The van der Waals surface area contributed by atoms with Crippen molar-refractivity contribution < 1.29 is 17.6 Å². The van der Waals surface area contributed by atoms with Crippen molar-refractivity contribution in [2.75, 3.05) is 41.6 Å². The minimum atomic E-state index is -3.27. The van der Waals surface area contributed by atoms with Gasteiger partial charge in [-0.05, 0) is 43.3 Å². The molecule has 3 rings (SSSR count). The van der Waals surface area contributed by atoms with Crippen LogP contribution in [0.2, 0.25) is 0 Å². The van der Waals surface area contributed by atoms with Crippen LogP contribution in [-0.2, 0) is 10.0 Å². The first-order valence-electron chi connectivity index (χ1n) is 8.17. The van der Waals surface area contributed by atoms with Crippen LogP contribution in [0.15, 0.2) is 47.1 Å². The number of carbonyl (C=O) groups is 1. The first kappa shape index (κ1) is 17.3. The molecule has 0 atom stereocenters. The molecule has 1 aromatic carbocycles. The van der Waals surface area contributed by atoms with Crippen LogP contribution in [-0.4, -0.2) is 51.2 Å². The van der Waals surface area contributed by atoms with Crippen molar-refractivity contribution in [3.05, 3.63) is 48.4 Å². The molecule has 1 aliphatic rings. The maximum atomic E-state index is 12.3. The number of benzene rings is 1. The molecule has 1 aliphatic heterocycles. The Morgan fingerprint density at radius 1 is 1.12 bits per heavy atom. The molecule has 2 aromatic rings. The summed E-state index contributed by atoms with van der Waals surface area (Å²) in [5.41, 5.74) is 1.56. The number of nitrogens with one attached hydrogen (secondary N) is 1. The average molecular weight is 363 g/mol. The lowest BCUT2D eigenvalue weighted by Crippen LogP contribution is -2.48. The number of anilines is 2. The standard InChI is InChI=1S/C17H21N3O4S/c1-2-25(22,23)18-14-5-7-15(8-6-14)19-9-11-20(12-10-19)17(21)16-4-3-13-24-16/h3-8,13,18H,2,9-12H2,1H3. The third-order valence-corrected chi connectivity index (χ3v) is 5.49. The van der Waals surface area contributed by atoms with E-state index >= 15 is 0 Å². The van der Waals surface area contributed by atoms with E-state index in [-0.39, 0.29) is 11.7 Å². The fraction of sp³-hybridized carbons (Fsp3) is 0.353. The smallest absolute Gasteiger partial charge is 0.289 e. The van der Waals surface area contributed by atoms with Gasteiger partial charge in [0.1, 0.15) is 0 Å². The van der Waals surface area contributed by atoms with E-state index in [2.05, 4.69) is 9.62 Å². The van der Waals surface area contributed by atoms with Crippen LogP contribution in [0.5, 0.6) is 0 Å². The van der Waals surface area contributed by atoms with E-state index in [1.165, 1.54) is 6.26 Å². The normalized spacial score (nSPS) is 15.2. The van der Waals surface area contributed by atoms with Gasteiger partial charge in [0.25, 0.3) is 5.91 Å². The molecule has 2 heterocycles. The Kier molecular flexibility index (Phi) is 4.98. The molecular weight excluding hydrogens is 342 g/mol. The van der Waals surface area contributed by atoms with E-state index in [1.807, 2.05) is 12.1 Å². The molecule has 0 bridgehead atoms. The molecule has 134 valence electrons. The maximum absolute atomic E-state index is 12.3. The number of carbonyl (C=O) groups excluding carboxylic acids is 1. The van der Waals surface area contributed by atoms with Gasteiger partial charge in [0.05, 0.1) is 12.0 Å². The summed E-state index contributed by atoms with van der Waals surface area (Å²) in [6.07, 6.45) is 1.50. The van der Waals surface area contributed by atoms with Gasteiger partial charge in [-0.25, -0.2) is 8.42 Å². The predicted octanol–water partition coefficient (Wildman–Crippen LogP) is 2.00. The number of nitrogens with zero attached hydrogens (tertiary/aromatic N) is 2. The molecule has 1 aromatic heterocycles. The van der Waals surface area contributed by atoms with Gasteiger partial charge in [0, 0.05) is 37.6 Å². The largest absolute Gasteiger partial charge is 0.459 e. The van der Waals surface area contributed by atoms with E-state index in [1.54, 1.807) is 36.1 Å². The second kappa shape index (κ2) is 7.18. The monoisotopic (exact) mass is 363 g/mol. The van der Waals surface area contributed by atoms with E-state index < -0.39 is 10.0 Å². The summed E-state index contributed by atoms with van der Waals surface area (Å²) in [4.78, 5) is 16.2. The number of piperazine rings is 1. The second-order valence-corrected chi connectivity index (χ2v) is 7.82. The lowest BCUT2D eigenvalue weighted by molar-refractivity contribution is 0.0714. The van der Waals surface area contributed by atoms with Crippen LogP contribution in [0.4, 0.5) is 11.4 Å². The van der Waals surface area contributed by atoms with Gasteiger partial charge in [-0.1, -0.05) is 0 Å². The zero-order valence-electron chi connectivity index (χ0n) is 14.0. The Morgan fingerprint density at radius 3 is 2.36 bits per heavy atom. The average Bonchev–Trinajstić information content (AvgIpc) is 3.16. The van der Waals surface area contributed by atoms with Crippen molar-refractivity contribution in [1.82, 2.24) is 4.90 Å². The Balaban J connectivity index is 1.59. The SMILES string of the molecule is CCS(=O)(=O)Nc1ccc(N2CCN(C(=O)c3ccco3)CC2)cc1. The Bertz CT molecular complexity index is 808. The minimum Gasteiger partial charge on any atom is -0.459 e. The van der Waals surface area contributed by atoms with Crippen molar-refractivity contribution in [2.24, 2.45) is 0 Å². The van der Waals surface area contributed by atoms with Gasteiger partial charge in [-0.3, -0.25) is 9.52 Å². The van der Waals surface area contributed by atoms with E-state index in [0.29, 0.717) is 37.6 Å². The van der Waals surface area contributed by atoms with Crippen LogP contribution >= 0.6 is 0 Å². The molecule has 0 radical (unpaired) electrons. The molecule has 1 fully saturated rings. The van der Waals surface area contributed by atoms with Crippen LogP contribution in [0, 0.1) is 0 Å². The number of furan rings is 1. The summed E-state index contributed by atoms with van der Waals surface area (Å²) >= 11 is 0. The highest BCUT2D eigenvalue weighted by molar-refractivity contribution is 7.92. The number of hydrogen-bond donors (Lipinski definition) is 1. The van der Waals surface area contributed by atoms with Gasteiger partial charge in [-0.2, -0.15) is 0 Å². The lowest BCUT2D eigenvalue weighted by Gasteiger charge is -2.35. The molecular formula is C17H21N3O4S. The third kappa shape index (κ3) is 4.14. The number of amides is 1. The quantitative estimate of drug-likeness (QED) is 0.879. The van der Waals surface area contributed by atoms with Crippen LogP contribution in [0.25, 0.3) is 0 Å². The van der Waals surface area contributed by atoms with Crippen molar-refractivity contribution in [2.45, 2.75) is 6.92 Å². The summed E-state index contributed by atoms with van der Waals surface area (Å²) in [6, 6.07) is 10.7. The Morgan fingerprint density at radius 2 is 1.80 bits per heavy atom. The third-order valence-electron chi connectivity index (χ3n) is 4.18. The van der Waals surface area contributed by atoms with Gasteiger partial charge in [0.15, 0.2) is 5.76 Å². The van der Waals surface area contributed by atoms with Gasteiger partial charge in [-0.15, -0.1) is 0 Å². The van der Waals surface area contributed by atoms with Crippen LogP contribution < -0.4 is 9.62 Å². The molecule has 0 aliphatic carbocycles. The molecule has 1 N–H and O–H groups in total. The van der Waals surface area contributed by atoms with Gasteiger partial charge in [0.2, 0.25) is 10.0 Å². The maximum Gasteiger partial charge on any atom is 0.289 e. The molecule has 8 heteroatoms. The summed E-state index contributed by atoms with van der Waals surface area (Å²) in [5.74, 6) is 0.315. The fourth-order valence-electron chi connectivity index (χ4n) is 2.72. The van der Waals surface area contributed by atoms with E-state index in [0.717, 1.165) is 5.69 Å². The van der Waals surface area contributed by atoms with Crippen molar-refractivity contribution in [3.8, 4) is 0 Å². The molecule has 25 heavy (non-hydrogen) atoms. The fourth-order valence-corrected chi connectivity index (χ4v) is 3.36. The molecule has 7 nitrogen and oxygen atoms in total. The van der Waals surface area contributed by atoms with Gasteiger partial charge >= 0.3 is 0 Å². The highest BCUT2D eigenvalue weighted by atomic mass is 32.2. The second-order valence-electron chi connectivity index (χ2n) is 5.81. The Labute approximate surface area is 147 Å². The molecule has 0 spiro atoms. The van der Waals surface area contributed by atoms with E-state index in [4.69, 9.17) is 4.42 Å². The van der Waals surface area contributed by atoms with Crippen LogP contribution in [0.3, 0.4) is 0 Å². The summed E-state index contributed by atoms with van der Waals surface area (Å²) in [6.45, 7) is 4.26. The van der Waals surface area contributed by atoms with Crippen molar-refractivity contribution in [1.29, 1.82) is 0 Å². The molecule has 0 unspecified atom stereocenters. The predicted molar refractivity (Wildman–Crippen MR) is 96.4 cm³/mol. The summed E-state index contributed by atoms with van der Waals surface area (Å²) in [7, 11) is -3.27. The topological polar surface area (TPSA) is 82.9 Å². The Hall–Kier alpha value is -2.48. The lowest BCUT2D eigenvalue weighted by atomic mass is 10.2. The molecule has 1 amide bonds. The highest BCUT2D eigenvalue weighted by Gasteiger charge is 2.23. The van der Waals surface area contributed by atoms with E-state index in [9.17, 15) is 13.2 Å². The summed E-state index contributed by atoms with van der Waals surface area (Å²) in [5, 5.41) is 0. The minimum absolute atomic E-state index is 0.0421. The number of rotatable bonds is 5. The summed E-state index contributed by atoms with van der Waals surface area (Å²) < 4.78 is 30.9. The van der Waals surface area contributed by atoms with Gasteiger partial charge < -0.3 is 14.2 Å². The number of sulfonamides is 1. The van der Waals surface area contributed by atoms with Crippen LogP contribution in [0.1, 0.15) is 17.5 Å².